The number of benzene rings is 1. The molecule has 2 N–H and O–H groups in total. The molecule has 0 radical (unpaired) electrons. The summed E-state index contributed by atoms with van der Waals surface area (Å²) >= 11 is 1.73. The van der Waals surface area contributed by atoms with Crippen LogP contribution in [0.1, 0.15) is 31.7 Å². The second-order valence-corrected chi connectivity index (χ2v) is 5.76. The van der Waals surface area contributed by atoms with Gasteiger partial charge in [0.1, 0.15) is 5.75 Å². The van der Waals surface area contributed by atoms with Gasteiger partial charge in [0.05, 0.1) is 21.8 Å². The highest BCUT2D eigenvalue weighted by Gasteiger charge is 2.18. The number of nitrogens with two attached hydrogens (primary N) is 1. The molecule has 3 nitrogen and oxygen atoms in total. The van der Waals surface area contributed by atoms with Crippen LogP contribution in [0, 0.1) is 5.92 Å². The van der Waals surface area contributed by atoms with Gasteiger partial charge < -0.3 is 10.5 Å². The zero-order valence-corrected chi connectivity index (χ0v) is 12.0. The highest BCUT2D eigenvalue weighted by molar-refractivity contribution is 7.18. The van der Waals surface area contributed by atoms with Crippen molar-refractivity contribution in [2.24, 2.45) is 11.7 Å². The summed E-state index contributed by atoms with van der Waals surface area (Å²) in [5.74, 6) is 1.77. The van der Waals surface area contributed by atoms with Crippen molar-refractivity contribution >= 4 is 21.6 Å². The van der Waals surface area contributed by atoms with Crippen LogP contribution in [0.4, 0.5) is 0 Å². The Morgan fingerprint density at radius 1 is 1.39 bits per heavy atom. The first-order chi connectivity index (χ1) is 8.65. The van der Waals surface area contributed by atoms with Gasteiger partial charge in [-0.2, -0.15) is 0 Å². The van der Waals surface area contributed by atoms with Crippen LogP contribution >= 0.6 is 11.3 Å². The molecule has 0 aliphatic heterocycles. The van der Waals surface area contributed by atoms with E-state index in [0.29, 0.717) is 25.0 Å². The van der Waals surface area contributed by atoms with Crippen molar-refractivity contribution in [3.8, 4) is 5.75 Å². The van der Waals surface area contributed by atoms with Crippen LogP contribution in [0.2, 0.25) is 0 Å². The van der Waals surface area contributed by atoms with Crippen molar-refractivity contribution in [3.63, 3.8) is 0 Å². The first-order valence-electron chi connectivity index (χ1n) is 6.39. The van der Waals surface area contributed by atoms with Crippen molar-refractivity contribution in [2.75, 3.05) is 13.2 Å². The summed E-state index contributed by atoms with van der Waals surface area (Å²) in [4.78, 5) is 4.69. The molecule has 0 aliphatic carbocycles. The molecule has 1 atom stereocenters. The van der Waals surface area contributed by atoms with E-state index in [2.05, 4.69) is 24.9 Å². The number of thiazole rings is 1. The van der Waals surface area contributed by atoms with Crippen molar-refractivity contribution in [1.82, 2.24) is 4.98 Å². The molecule has 4 heteroatoms. The normalized spacial score (nSPS) is 13.2. The lowest BCUT2D eigenvalue weighted by Gasteiger charge is -2.15. The van der Waals surface area contributed by atoms with Crippen molar-refractivity contribution in [1.29, 1.82) is 0 Å². The van der Waals surface area contributed by atoms with E-state index in [1.807, 2.05) is 19.1 Å². The van der Waals surface area contributed by atoms with E-state index in [9.17, 15) is 0 Å². The minimum absolute atomic E-state index is 0.345. The highest BCUT2D eigenvalue weighted by Crippen LogP contribution is 2.32. The van der Waals surface area contributed by atoms with Gasteiger partial charge in [0.25, 0.3) is 0 Å². The minimum atomic E-state index is 0.345. The summed E-state index contributed by atoms with van der Waals surface area (Å²) in [6, 6.07) is 6.06. The SMILES string of the molecule is CCOc1ccc2nc(C(CN)C(C)C)sc2c1. The Balaban J connectivity index is 2.37. The summed E-state index contributed by atoms with van der Waals surface area (Å²) in [5.41, 5.74) is 6.89. The highest BCUT2D eigenvalue weighted by atomic mass is 32.1. The van der Waals surface area contributed by atoms with E-state index < -0.39 is 0 Å². The quantitative estimate of drug-likeness (QED) is 0.900. The Kier molecular flexibility index (Phi) is 4.19. The Morgan fingerprint density at radius 2 is 2.17 bits per heavy atom. The molecule has 0 saturated heterocycles. The Morgan fingerprint density at radius 3 is 2.78 bits per heavy atom. The number of rotatable bonds is 5. The largest absolute Gasteiger partial charge is 0.494 e. The van der Waals surface area contributed by atoms with Crippen LogP contribution < -0.4 is 10.5 Å². The molecule has 0 amide bonds. The molecule has 0 fully saturated rings. The number of hydrogen-bond donors (Lipinski definition) is 1. The molecular formula is C14H20N2OS. The first-order valence-corrected chi connectivity index (χ1v) is 7.20. The Hall–Kier alpha value is -1.13. The van der Waals surface area contributed by atoms with Gasteiger partial charge >= 0.3 is 0 Å². The maximum absolute atomic E-state index is 5.85. The number of ether oxygens (including phenoxy) is 1. The van der Waals surface area contributed by atoms with Gasteiger partial charge in [0.2, 0.25) is 0 Å². The van der Waals surface area contributed by atoms with Crippen molar-refractivity contribution in [2.45, 2.75) is 26.7 Å². The molecule has 1 aromatic heterocycles. The molecule has 2 aromatic rings. The molecule has 1 aromatic carbocycles. The fourth-order valence-electron chi connectivity index (χ4n) is 2.00. The molecule has 98 valence electrons. The molecule has 1 heterocycles. The molecular weight excluding hydrogens is 244 g/mol. The van der Waals surface area contributed by atoms with Gasteiger partial charge in [0, 0.05) is 12.5 Å². The molecule has 0 bridgehead atoms. The van der Waals surface area contributed by atoms with Gasteiger partial charge in [-0.3, -0.25) is 0 Å². The van der Waals surface area contributed by atoms with Gasteiger partial charge in [-0.05, 0) is 31.0 Å². The Labute approximate surface area is 112 Å². The van der Waals surface area contributed by atoms with Crippen LogP contribution in [0.5, 0.6) is 5.75 Å². The second-order valence-electron chi connectivity index (χ2n) is 4.70. The standard InChI is InChI=1S/C14H20N2OS/c1-4-17-10-5-6-12-13(7-10)18-14(16-12)11(8-15)9(2)3/h5-7,9,11H,4,8,15H2,1-3H3. The van der Waals surface area contributed by atoms with E-state index in [0.717, 1.165) is 16.3 Å². The average molecular weight is 264 g/mol. The van der Waals surface area contributed by atoms with Crippen molar-refractivity contribution in [3.05, 3.63) is 23.2 Å². The van der Waals surface area contributed by atoms with E-state index in [1.54, 1.807) is 11.3 Å². The van der Waals surface area contributed by atoms with Crippen LogP contribution in [-0.4, -0.2) is 18.1 Å². The van der Waals surface area contributed by atoms with Gasteiger partial charge in [0.15, 0.2) is 0 Å². The van der Waals surface area contributed by atoms with E-state index in [4.69, 9.17) is 10.5 Å². The zero-order chi connectivity index (χ0) is 13.1. The van der Waals surface area contributed by atoms with E-state index in [-0.39, 0.29) is 0 Å². The first kappa shape index (κ1) is 13.3. The van der Waals surface area contributed by atoms with E-state index in [1.165, 1.54) is 4.70 Å². The summed E-state index contributed by atoms with van der Waals surface area (Å²) in [6.07, 6.45) is 0. The third-order valence-electron chi connectivity index (χ3n) is 3.06. The number of aromatic nitrogens is 1. The fraction of sp³-hybridized carbons (Fsp3) is 0.500. The van der Waals surface area contributed by atoms with Gasteiger partial charge in [-0.1, -0.05) is 13.8 Å². The third-order valence-corrected chi connectivity index (χ3v) is 4.21. The predicted molar refractivity (Wildman–Crippen MR) is 77.4 cm³/mol. The maximum atomic E-state index is 5.85. The summed E-state index contributed by atoms with van der Waals surface area (Å²) in [5, 5.41) is 1.14. The third kappa shape index (κ3) is 2.65. The smallest absolute Gasteiger partial charge is 0.120 e. The molecule has 18 heavy (non-hydrogen) atoms. The van der Waals surface area contributed by atoms with Crippen LogP contribution in [0.3, 0.4) is 0 Å². The van der Waals surface area contributed by atoms with Crippen LogP contribution in [0.15, 0.2) is 18.2 Å². The van der Waals surface area contributed by atoms with Crippen LogP contribution in [0.25, 0.3) is 10.2 Å². The number of fused-ring (bicyclic) bond motifs is 1. The lowest BCUT2D eigenvalue weighted by atomic mass is 9.97. The lowest BCUT2D eigenvalue weighted by molar-refractivity contribution is 0.341. The van der Waals surface area contributed by atoms with Gasteiger partial charge in [-0.25, -0.2) is 4.98 Å². The molecule has 0 aliphatic rings. The van der Waals surface area contributed by atoms with E-state index >= 15 is 0 Å². The lowest BCUT2D eigenvalue weighted by Crippen LogP contribution is -2.17. The number of nitrogens with zero attached hydrogens (tertiary/aromatic N) is 1. The second kappa shape index (κ2) is 5.67. The monoisotopic (exact) mass is 264 g/mol. The Bertz CT molecular complexity index is 521. The minimum Gasteiger partial charge on any atom is -0.494 e. The fourth-order valence-corrected chi connectivity index (χ4v) is 3.28. The molecule has 1 unspecified atom stereocenters. The molecule has 2 rings (SSSR count). The topological polar surface area (TPSA) is 48.1 Å². The maximum Gasteiger partial charge on any atom is 0.120 e. The van der Waals surface area contributed by atoms with Crippen molar-refractivity contribution < 1.29 is 4.74 Å². The zero-order valence-electron chi connectivity index (χ0n) is 11.1. The predicted octanol–water partition coefficient (Wildman–Crippen LogP) is 3.39. The molecule has 0 spiro atoms. The van der Waals surface area contributed by atoms with Gasteiger partial charge in [-0.15, -0.1) is 11.3 Å². The average Bonchev–Trinajstić information content (AvgIpc) is 2.72. The summed E-state index contributed by atoms with van der Waals surface area (Å²) in [6.45, 7) is 7.71. The van der Waals surface area contributed by atoms with Crippen LogP contribution in [-0.2, 0) is 0 Å². The summed E-state index contributed by atoms with van der Waals surface area (Å²) < 4.78 is 6.69. The number of hydrogen-bond acceptors (Lipinski definition) is 4. The molecule has 0 saturated carbocycles. The summed E-state index contributed by atoms with van der Waals surface area (Å²) in [7, 11) is 0.